The minimum Gasteiger partial charge on any atom is -0.385 e. The molecule has 0 amide bonds. The second kappa shape index (κ2) is 41.7. The molecule has 0 N–H and O–H groups in total. The molecule has 0 aliphatic rings. The highest BCUT2D eigenvalue weighted by atomic mass is 32.2. The van der Waals surface area contributed by atoms with Gasteiger partial charge in [-0.05, 0) is 64.5 Å². The van der Waals surface area contributed by atoms with E-state index in [1.54, 1.807) is 30.6 Å². The monoisotopic (exact) mass is 742 g/mol. The van der Waals surface area contributed by atoms with Crippen LogP contribution in [0.2, 0.25) is 0 Å². The molecule has 0 bridgehead atoms. The number of ether oxygens (including phenoxy) is 1. The van der Waals surface area contributed by atoms with E-state index in [-0.39, 0.29) is 0 Å². The van der Waals surface area contributed by atoms with Crippen LogP contribution in [0.15, 0.2) is 0 Å². The van der Waals surface area contributed by atoms with Crippen molar-refractivity contribution >= 4 is 33.8 Å². The van der Waals surface area contributed by atoms with E-state index in [0.29, 0.717) is 16.1 Å². The highest BCUT2D eigenvalue weighted by molar-refractivity contribution is 8.13. The van der Waals surface area contributed by atoms with Crippen LogP contribution in [-0.2, 0) is 14.3 Å². The smallest absolute Gasteiger partial charge is 0.192 e. The van der Waals surface area contributed by atoms with Gasteiger partial charge in [-0.15, -0.1) is 0 Å². The fourth-order valence-corrected chi connectivity index (χ4v) is 8.73. The van der Waals surface area contributed by atoms with Crippen molar-refractivity contribution in [3.05, 3.63) is 0 Å². The van der Waals surface area contributed by atoms with E-state index < -0.39 is 0 Å². The Bertz CT molecular complexity index is 691. The van der Waals surface area contributed by atoms with Crippen LogP contribution in [0.25, 0.3) is 0 Å². The first-order chi connectivity index (χ1) is 24.6. The largest absolute Gasteiger partial charge is 0.385 e. The van der Waals surface area contributed by atoms with Gasteiger partial charge in [-0.3, -0.25) is 9.59 Å². The number of carbonyl (C=O) groups is 2. The maximum absolute atomic E-state index is 13.2. The molecule has 0 aromatic rings. The van der Waals surface area contributed by atoms with Gasteiger partial charge in [-0.2, -0.15) is 0 Å². The van der Waals surface area contributed by atoms with Gasteiger partial charge in [-0.1, -0.05) is 186 Å². The Morgan fingerprint density at radius 2 is 0.880 bits per heavy atom. The summed E-state index contributed by atoms with van der Waals surface area (Å²) in [6.07, 6.45) is 38.6. The molecule has 0 radical (unpaired) electrons. The lowest BCUT2D eigenvalue weighted by atomic mass is 9.95. The summed E-state index contributed by atoms with van der Waals surface area (Å²) in [7, 11) is 1.80. The van der Waals surface area contributed by atoms with Crippen molar-refractivity contribution in [2.24, 2.45) is 5.92 Å². The van der Waals surface area contributed by atoms with Gasteiger partial charge in [-0.25, -0.2) is 0 Å². The van der Waals surface area contributed by atoms with E-state index in [9.17, 15) is 9.59 Å². The molecule has 0 aliphatic heterocycles. The van der Waals surface area contributed by atoms with Crippen molar-refractivity contribution in [2.45, 2.75) is 220 Å². The first-order valence-electron chi connectivity index (χ1n) is 22.1. The van der Waals surface area contributed by atoms with Gasteiger partial charge < -0.3 is 9.64 Å². The van der Waals surface area contributed by atoms with Crippen LogP contribution in [-0.4, -0.2) is 60.0 Å². The molecule has 0 heterocycles. The molecule has 0 saturated carbocycles. The second-order valence-electron chi connectivity index (χ2n) is 15.1. The molecule has 50 heavy (non-hydrogen) atoms. The highest BCUT2D eigenvalue weighted by Crippen LogP contribution is 2.25. The quantitative estimate of drug-likeness (QED) is 0.0582. The van der Waals surface area contributed by atoms with Crippen molar-refractivity contribution in [3.63, 3.8) is 0 Å². The molecule has 0 aromatic carbocycles. The van der Waals surface area contributed by atoms with Crippen molar-refractivity contribution in [2.75, 3.05) is 44.9 Å². The molecular formula is C44H87NO3S2. The van der Waals surface area contributed by atoms with Crippen molar-refractivity contribution in [1.29, 1.82) is 0 Å². The van der Waals surface area contributed by atoms with Crippen LogP contribution in [0.1, 0.15) is 220 Å². The molecule has 0 spiro atoms. The number of thioether (sulfide) groups is 2. The number of methoxy groups -OCH3 is 1. The predicted molar refractivity (Wildman–Crippen MR) is 227 cm³/mol. The van der Waals surface area contributed by atoms with Crippen LogP contribution in [0.5, 0.6) is 0 Å². The van der Waals surface area contributed by atoms with Crippen molar-refractivity contribution < 1.29 is 14.3 Å². The van der Waals surface area contributed by atoms with Crippen LogP contribution in [0.4, 0.5) is 0 Å². The Hall–Kier alpha value is -0.0400. The summed E-state index contributed by atoms with van der Waals surface area (Å²) in [5.74, 6) is 2.29. The van der Waals surface area contributed by atoms with Gasteiger partial charge >= 0.3 is 0 Å². The maximum Gasteiger partial charge on any atom is 0.192 e. The summed E-state index contributed by atoms with van der Waals surface area (Å²) in [4.78, 5) is 28.0. The average molecular weight is 742 g/mol. The van der Waals surface area contributed by atoms with Gasteiger partial charge in [0.1, 0.15) is 0 Å². The zero-order valence-corrected chi connectivity index (χ0v) is 35.9. The summed E-state index contributed by atoms with van der Waals surface area (Å²) < 4.78 is 5.33. The lowest BCUT2D eigenvalue weighted by Crippen LogP contribution is -2.28. The summed E-state index contributed by atoms with van der Waals surface area (Å²) >= 11 is 3.23. The molecule has 6 heteroatoms. The van der Waals surface area contributed by atoms with Crippen LogP contribution in [0.3, 0.4) is 0 Å². The van der Waals surface area contributed by atoms with Crippen molar-refractivity contribution in [3.8, 4) is 0 Å². The molecule has 0 aliphatic carbocycles. The zero-order chi connectivity index (χ0) is 36.6. The van der Waals surface area contributed by atoms with E-state index in [4.69, 9.17) is 4.74 Å². The van der Waals surface area contributed by atoms with Gasteiger partial charge in [0, 0.05) is 44.1 Å². The first kappa shape index (κ1) is 50.0. The summed E-state index contributed by atoms with van der Waals surface area (Å²) in [5.41, 5.74) is 0. The molecule has 0 unspecified atom stereocenters. The third-order valence-electron chi connectivity index (χ3n) is 10.2. The Morgan fingerprint density at radius 1 is 0.480 bits per heavy atom. The molecule has 0 rings (SSSR count). The van der Waals surface area contributed by atoms with Crippen LogP contribution < -0.4 is 0 Å². The normalized spacial score (nSPS) is 11.7. The molecule has 4 nitrogen and oxygen atoms in total. The standard InChI is InChI=1S/C44H87NO3S2/c1-5-8-11-14-17-20-27-35-43(46)49-40-30-23-21-28-36-45(38-32-39-48-4)37-29-22-24-31-41-50-44(47)42(33-25-18-15-12-9-6-2)34-26-19-16-13-10-7-3/h42H,5-41H2,1-4H3. The second-order valence-corrected chi connectivity index (χ2v) is 17.3. The third kappa shape index (κ3) is 36.3. The average Bonchev–Trinajstić information content (AvgIpc) is 3.11. The van der Waals surface area contributed by atoms with Gasteiger partial charge in [0.2, 0.25) is 0 Å². The Labute approximate surface area is 322 Å². The van der Waals surface area contributed by atoms with Gasteiger partial charge in [0.25, 0.3) is 0 Å². The topological polar surface area (TPSA) is 46.6 Å². The Morgan fingerprint density at radius 3 is 1.38 bits per heavy atom. The first-order valence-corrected chi connectivity index (χ1v) is 24.1. The number of hydrogen-bond acceptors (Lipinski definition) is 6. The third-order valence-corrected chi connectivity index (χ3v) is 12.3. The van der Waals surface area contributed by atoms with E-state index in [0.717, 1.165) is 63.2 Å². The lowest BCUT2D eigenvalue weighted by Gasteiger charge is -2.22. The fourth-order valence-electron chi connectivity index (χ4n) is 6.85. The van der Waals surface area contributed by atoms with E-state index in [2.05, 4.69) is 25.7 Å². The molecule has 0 atom stereocenters. The van der Waals surface area contributed by atoms with E-state index in [1.807, 2.05) is 0 Å². The number of unbranched alkanes of at least 4 members (excludes halogenated alkanes) is 22. The highest BCUT2D eigenvalue weighted by Gasteiger charge is 2.18. The minimum absolute atomic E-state index is 0.291. The van der Waals surface area contributed by atoms with E-state index >= 15 is 0 Å². The summed E-state index contributed by atoms with van der Waals surface area (Å²) in [6, 6.07) is 0. The van der Waals surface area contributed by atoms with Crippen LogP contribution in [0, 0.1) is 5.92 Å². The predicted octanol–water partition coefficient (Wildman–Crippen LogP) is 14.2. The number of nitrogens with zero attached hydrogens (tertiary/aromatic N) is 1. The lowest BCUT2D eigenvalue weighted by molar-refractivity contribution is -0.115. The van der Waals surface area contributed by atoms with E-state index in [1.165, 1.54) is 174 Å². The van der Waals surface area contributed by atoms with Crippen LogP contribution >= 0.6 is 23.5 Å². The summed E-state index contributed by atoms with van der Waals surface area (Å²) in [6.45, 7) is 11.1. The molecule has 0 saturated heterocycles. The molecule has 0 fully saturated rings. The maximum atomic E-state index is 13.2. The molecule has 0 aromatic heterocycles. The minimum atomic E-state index is 0.291. The van der Waals surface area contributed by atoms with Gasteiger partial charge in [0.05, 0.1) is 0 Å². The zero-order valence-electron chi connectivity index (χ0n) is 34.2. The number of rotatable bonds is 41. The van der Waals surface area contributed by atoms with Crippen molar-refractivity contribution in [1.82, 2.24) is 4.90 Å². The Kier molecular flexibility index (Phi) is 41.7. The SMILES string of the molecule is CCCCCCCCCC(=O)SCCCCCCN(CCCCCCSC(=O)C(CCCCCCCC)CCCCCCCC)CCCOC. The number of hydrogen-bond donors (Lipinski definition) is 0. The fraction of sp³-hybridized carbons (Fsp3) is 0.955. The Balaban J connectivity index is 4.15. The molecule has 298 valence electrons. The molecular weight excluding hydrogens is 655 g/mol. The van der Waals surface area contributed by atoms with Gasteiger partial charge in [0.15, 0.2) is 10.2 Å². The number of carbonyl (C=O) groups excluding carboxylic acids is 2. The summed E-state index contributed by atoms with van der Waals surface area (Å²) in [5, 5.41) is 0.898.